The number of anilines is 2. The summed E-state index contributed by atoms with van der Waals surface area (Å²) >= 11 is 0. The lowest BCUT2D eigenvalue weighted by Gasteiger charge is -2.14. The van der Waals surface area contributed by atoms with Crippen LogP contribution in [0.4, 0.5) is 11.5 Å². The van der Waals surface area contributed by atoms with Crippen molar-refractivity contribution in [3.63, 3.8) is 0 Å². The molecule has 0 fully saturated rings. The van der Waals surface area contributed by atoms with E-state index < -0.39 is 0 Å². The molecule has 128 valence electrons. The lowest BCUT2D eigenvalue weighted by molar-refractivity contribution is 0.0948. The summed E-state index contributed by atoms with van der Waals surface area (Å²) in [6, 6.07) is 5.95. The van der Waals surface area contributed by atoms with Crippen LogP contribution in [0.25, 0.3) is 0 Å². The largest absolute Gasteiger partial charge is 0.351 e. The highest BCUT2D eigenvalue weighted by Crippen LogP contribution is 2.25. The summed E-state index contributed by atoms with van der Waals surface area (Å²) in [5.74, 6) is 1.05. The molecule has 5 heteroatoms. The third-order valence-electron chi connectivity index (χ3n) is 3.82. The van der Waals surface area contributed by atoms with Crippen LogP contribution in [0.2, 0.25) is 0 Å². The summed E-state index contributed by atoms with van der Waals surface area (Å²) in [5, 5.41) is 6.23. The molecule has 0 saturated heterocycles. The first-order valence-corrected chi connectivity index (χ1v) is 8.39. The van der Waals surface area contributed by atoms with Gasteiger partial charge in [-0.1, -0.05) is 31.0 Å². The standard InChI is InChI=1S/C19H26N4O/c1-6-7-8-20-19(24)16-11-17(22-15(5)21-16)23-18-13(3)9-12(2)10-14(18)4/h9-11H,6-8H2,1-5H3,(H,20,24)(H,21,22,23). The fraction of sp³-hybridized carbons (Fsp3) is 0.421. The van der Waals surface area contributed by atoms with Gasteiger partial charge in [0.05, 0.1) is 0 Å². The van der Waals surface area contributed by atoms with Crippen molar-refractivity contribution < 1.29 is 4.79 Å². The van der Waals surface area contributed by atoms with Crippen molar-refractivity contribution in [3.05, 3.63) is 46.4 Å². The number of aromatic nitrogens is 2. The minimum atomic E-state index is -0.158. The molecule has 1 heterocycles. The molecule has 1 aromatic carbocycles. The summed E-state index contributed by atoms with van der Waals surface area (Å²) in [7, 11) is 0. The van der Waals surface area contributed by atoms with Gasteiger partial charge in [-0.05, 0) is 45.2 Å². The first-order valence-electron chi connectivity index (χ1n) is 8.39. The van der Waals surface area contributed by atoms with E-state index in [1.807, 2.05) is 0 Å². The molecule has 1 aromatic heterocycles. The molecule has 0 atom stereocenters. The third-order valence-corrected chi connectivity index (χ3v) is 3.82. The van der Waals surface area contributed by atoms with Crippen molar-refractivity contribution in [2.75, 3.05) is 11.9 Å². The molecular formula is C19H26N4O. The zero-order chi connectivity index (χ0) is 17.7. The molecule has 0 unspecified atom stereocenters. The second-order valence-corrected chi connectivity index (χ2v) is 6.19. The number of rotatable bonds is 6. The van der Waals surface area contributed by atoms with Gasteiger partial charge in [0, 0.05) is 18.3 Å². The molecule has 5 nitrogen and oxygen atoms in total. The Morgan fingerprint density at radius 2 is 1.71 bits per heavy atom. The molecule has 0 bridgehead atoms. The van der Waals surface area contributed by atoms with Gasteiger partial charge in [0.25, 0.3) is 5.91 Å². The van der Waals surface area contributed by atoms with Gasteiger partial charge in [0.2, 0.25) is 0 Å². The number of nitrogens with one attached hydrogen (secondary N) is 2. The topological polar surface area (TPSA) is 66.9 Å². The molecule has 2 N–H and O–H groups in total. The Bertz CT molecular complexity index is 717. The van der Waals surface area contributed by atoms with E-state index >= 15 is 0 Å². The Balaban J connectivity index is 2.24. The monoisotopic (exact) mass is 326 g/mol. The van der Waals surface area contributed by atoms with Crippen molar-refractivity contribution in [1.29, 1.82) is 0 Å². The minimum absolute atomic E-state index is 0.158. The van der Waals surface area contributed by atoms with Crippen molar-refractivity contribution >= 4 is 17.4 Å². The van der Waals surface area contributed by atoms with Gasteiger partial charge in [0.15, 0.2) is 0 Å². The van der Waals surface area contributed by atoms with Gasteiger partial charge in [-0.2, -0.15) is 0 Å². The summed E-state index contributed by atoms with van der Waals surface area (Å²) in [6.45, 7) is 10.8. The van der Waals surface area contributed by atoms with Crippen molar-refractivity contribution in [2.24, 2.45) is 0 Å². The Kier molecular flexibility index (Phi) is 5.90. The lowest BCUT2D eigenvalue weighted by atomic mass is 10.1. The number of aryl methyl sites for hydroxylation is 4. The summed E-state index contributed by atoms with van der Waals surface area (Å²) in [5.41, 5.74) is 4.94. The molecular weight excluding hydrogens is 300 g/mol. The SMILES string of the molecule is CCCCNC(=O)c1cc(Nc2c(C)cc(C)cc2C)nc(C)n1. The van der Waals surface area contributed by atoms with Crippen LogP contribution in [0.3, 0.4) is 0 Å². The van der Waals surface area contributed by atoms with E-state index in [-0.39, 0.29) is 5.91 Å². The number of carbonyl (C=O) groups excluding carboxylic acids is 1. The van der Waals surface area contributed by atoms with E-state index in [2.05, 4.69) is 60.4 Å². The second-order valence-electron chi connectivity index (χ2n) is 6.19. The van der Waals surface area contributed by atoms with Gasteiger partial charge < -0.3 is 10.6 Å². The van der Waals surface area contributed by atoms with Crippen LogP contribution in [0.5, 0.6) is 0 Å². The highest BCUT2D eigenvalue weighted by atomic mass is 16.1. The van der Waals surface area contributed by atoms with Gasteiger partial charge in [-0.15, -0.1) is 0 Å². The number of nitrogens with zero attached hydrogens (tertiary/aromatic N) is 2. The summed E-state index contributed by atoms with van der Waals surface area (Å²) in [6.07, 6.45) is 2.00. The van der Waals surface area contributed by atoms with E-state index in [9.17, 15) is 4.79 Å². The molecule has 0 saturated carbocycles. The number of hydrogen-bond donors (Lipinski definition) is 2. The summed E-state index contributed by atoms with van der Waals surface area (Å²) < 4.78 is 0. The van der Waals surface area contributed by atoms with E-state index in [1.54, 1.807) is 13.0 Å². The van der Waals surface area contributed by atoms with Crippen LogP contribution >= 0.6 is 0 Å². The Morgan fingerprint density at radius 1 is 1.04 bits per heavy atom. The first-order chi connectivity index (χ1) is 11.4. The molecule has 0 aliphatic heterocycles. The van der Waals surface area contributed by atoms with E-state index in [4.69, 9.17) is 0 Å². The molecule has 0 spiro atoms. The Hall–Kier alpha value is -2.43. The normalized spacial score (nSPS) is 10.5. The van der Waals surface area contributed by atoms with E-state index in [0.717, 1.165) is 29.7 Å². The van der Waals surface area contributed by atoms with E-state index in [0.29, 0.717) is 23.9 Å². The molecule has 1 amide bonds. The van der Waals surface area contributed by atoms with Crippen LogP contribution < -0.4 is 10.6 Å². The number of carbonyl (C=O) groups is 1. The quantitative estimate of drug-likeness (QED) is 0.788. The van der Waals surface area contributed by atoms with Gasteiger partial charge in [0.1, 0.15) is 17.3 Å². The van der Waals surface area contributed by atoms with Gasteiger partial charge in [-0.25, -0.2) is 9.97 Å². The molecule has 2 aromatic rings. The zero-order valence-corrected chi connectivity index (χ0v) is 15.2. The maximum atomic E-state index is 12.2. The van der Waals surface area contributed by atoms with Gasteiger partial charge in [-0.3, -0.25) is 4.79 Å². The fourth-order valence-corrected chi connectivity index (χ4v) is 2.72. The molecule has 2 rings (SSSR count). The lowest BCUT2D eigenvalue weighted by Crippen LogP contribution is -2.25. The van der Waals surface area contributed by atoms with Crippen molar-refractivity contribution in [2.45, 2.75) is 47.5 Å². The Morgan fingerprint density at radius 3 is 2.33 bits per heavy atom. The number of benzene rings is 1. The first kappa shape index (κ1) is 17.9. The number of amides is 1. The maximum absolute atomic E-state index is 12.2. The Labute approximate surface area is 143 Å². The van der Waals surface area contributed by atoms with E-state index in [1.165, 1.54) is 5.56 Å². The van der Waals surface area contributed by atoms with Crippen LogP contribution in [0.15, 0.2) is 18.2 Å². The van der Waals surface area contributed by atoms with Crippen LogP contribution in [-0.2, 0) is 0 Å². The van der Waals surface area contributed by atoms with Gasteiger partial charge >= 0.3 is 0 Å². The highest BCUT2D eigenvalue weighted by Gasteiger charge is 2.11. The molecule has 24 heavy (non-hydrogen) atoms. The predicted octanol–water partition coefficient (Wildman–Crippen LogP) is 3.98. The molecule has 0 aliphatic carbocycles. The molecule has 0 aliphatic rings. The number of hydrogen-bond acceptors (Lipinski definition) is 4. The minimum Gasteiger partial charge on any atom is -0.351 e. The van der Waals surface area contributed by atoms with Crippen LogP contribution in [-0.4, -0.2) is 22.4 Å². The summed E-state index contributed by atoms with van der Waals surface area (Å²) in [4.78, 5) is 20.9. The maximum Gasteiger partial charge on any atom is 0.270 e. The average molecular weight is 326 g/mol. The smallest absolute Gasteiger partial charge is 0.270 e. The zero-order valence-electron chi connectivity index (χ0n) is 15.2. The fourth-order valence-electron chi connectivity index (χ4n) is 2.72. The molecule has 0 radical (unpaired) electrons. The second kappa shape index (κ2) is 7.90. The average Bonchev–Trinajstić information content (AvgIpc) is 2.50. The number of unbranched alkanes of at least 4 members (excludes halogenated alkanes) is 1. The van der Waals surface area contributed by atoms with Crippen LogP contribution in [0, 0.1) is 27.7 Å². The van der Waals surface area contributed by atoms with Crippen molar-refractivity contribution in [1.82, 2.24) is 15.3 Å². The predicted molar refractivity (Wildman–Crippen MR) is 97.9 cm³/mol. The van der Waals surface area contributed by atoms with Crippen LogP contribution in [0.1, 0.15) is 52.8 Å². The highest BCUT2D eigenvalue weighted by molar-refractivity contribution is 5.93. The third kappa shape index (κ3) is 4.54. The van der Waals surface area contributed by atoms with Crippen molar-refractivity contribution in [3.8, 4) is 0 Å².